The summed E-state index contributed by atoms with van der Waals surface area (Å²) in [6.45, 7) is 6.67. The zero-order valence-corrected chi connectivity index (χ0v) is 13.4. The molecule has 2 rings (SSSR count). The number of nitrogens with zero attached hydrogens (tertiary/aromatic N) is 1. The lowest BCUT2D eigenvalue weighted by molar-refractivity contribution is 0.117. The molecule has 0 spiro atoms. The fourth-order valence-corrected chi connectivity index (χ4v) is 3.14. The van der Waals surface area contributed by atoms with E-state index in [1.165, 1.54) is 0 Å². The van der Waals surface area contributed by atoms with Gasteiger partial charge in [0, 0.05) is 34.7 Å². The van der Waals surface area contributed by atoms with Gasteiger partial charge in [0.15, 0.2) is 0 Å². The summed E-state index contributed by atoms with van der Waals surface area (Å²) in [7, 11) is 2.05. The van der Waals surface area contributed by atoms with Crippen LogP contribution in [0.2, 0.25) is 10.0 Å². The zero-order chi connectivity index (χ0) is 14.0. The van der Waals surface area contributed by atoms with Gasteiger partial charge in [-0.3, -0.25) is 4.90 Å². The summed E-state index contributed by atoms with van der Waals surface area (Å²) < 4.78 is 0. The average molecular weight is 301 g/mol. The van der Waals surface area contributed by atoms with Crippen LogP contribution in [0, 0.1) is 0 Å². The third-order valence-corrected chi connectivity index (χ3v) is 5.04. The van der Waals surface area contributed by atoms with E-state index < -0.39 is 0 Å². The van der Waals surface area contributed by atoms with Crippen LogP contribution in [0.15, 0.2) is 18.2 Å². The number of benzene rings is 1. The van der Waals surface area contributed by atoms with Crippen molar-refractivity contribution in [3.63, 3.8) is 0 Å². The molecule has 0 aromatic heterocycles. The Kier molecular flexibility index (Phi) is 4.78. The van der Waals surface area contributed by atoms with Gasteiger partial charge in [0.1, 0.15) is 0 Å². The Labute approximate surface area is 126 Å². The lowest BCUT2D eigenvalue weighted by atomic mass is 9.88. The Hall–Kier alpha value is -0.280. The molecule has 1 unspecified atom stereocenters. The minimum Gasteiger partial charge on any atom is -0.314 e. The van der Waals surface area contributed by atoms with Gasteiger partial charge in [0.25, 0.3) is 0 Å². The highest BCUT2D eigenvalue weighted by atomic mass is 35.5. The largest absolute Gasteiger partial charge is 0.314 e. The highest BCUT2D eigenvalue weighted by molar-refractivity contribution is 6.33. The van der Waals surface area contributed by atoms with Gasteiger partial charge in [-0.15, -0.1) is 0 Å². The Morgan fingerprint density at radius 2 is 1.89 bits per heavy atom. The number of hydrogen-bond acceptors (Lipinski definition) is 2. The number of piperidine rings is 1. The molecule has 1 aromatic rings. The van der Waals surface area contributed by atoms with Crippen LogP contribution in [-0.4, -0.2) is 30.6 Å². The third-order valence-electron chi connectivity index (χ3n) is 4.46. The monoisotopic (exact) mass is 300 g/mol. The molecular weight excluding hydrogens is 279 g/mol. The molecule has 0 saturated carbocycles. The number of halogens is 2. The van der Waals surface area contributed by atoms with Crippen molar-refractivity contribution in [3.8, 4) is 0 Å². The Morgan fingerprint density at radius 1 is 1.26 bits per heavy atom. The molecule has 1 heterocycles. The standard InChI is InChI=1S/C15H22Cl2N2/c1-11(13-10-12(16)4-5-14(13)17)19-8-6-15(2,18-3)7-9-19/h4-5,10-11,18H,6-9H2,1-3H3. The first-order chi connectivity index (χ1) is 8.95. The van der Waals surface area contributed by atoms with Gasteiger partial charge >= 0.3 is 0 Å². The maximum Gasteiger partial charge on any atom is 0.0454 e. The molecule has 0 radical (unpaired) electrons. The summed E-state index contributed by atoms with van der Waals surface area (Å²) in [6, 6.07) is 6.03. The van der Waals surface area contributed by atoms with Crippen LogP contribution in [-0.2, 0) is 0 Å². The first-order valence-corrected chi connectivity index (χ1v) is 7.59. The van der Waals surface area contributed by atoms with Gasteiger partial charge in [0.05, 0.1) is 0 Å². The molecule has 1 atom stereocenters. The number of nitrogens with one attached hydrogen (secondary N) is 1. The second kappa shape index (κ2) is 6.01. The SMILES string of the molecule is CNC1(C)CCN(C(C)c2cc(Cl)ccc2Cl)CC1. The Morgan fingerprint density at radius 3 is 2.47 bits per heavy atom. The zero-order valence-electron chi connectivity index (χ0n) is 11.8. The van der Waals surface area contributed by atoms with Crippen LogP contribution in [0.4, 0.5) is 0 Å². The van der Waals surface area contributed by atoms with Crippen LogP contribution in [0.25, 0.3) is 0 Å². The van der Waals surface area contributed by atoms with E-state index >= 15 is 0 Å². The van der Waals surface area contributed by atoms with Crippen LogP contribution >= 0.6 is 23.2 Å². The van der Waals surface area contributed by atoms with Gasteiger partial charge in [-0.2, -0.15) is 0 Å². The molecule has 1 N–H and O–H groups in total. The van der Waals surface area contributed by atoms with Gasteiger partial charge in [0.2, 0.25) is 0 Å². The van der Waals surface area contributed by atoms with Crippen molar-refractivity contribution in [2.24, 2.45) is 0 Å². The summed E-state index contributed by atoms with van der Waals surface area (Å²) in [5.41, 5.74) is 1.40. The first-order valence-electron chi connectivity index (χ1n) is 6.83. The summed E-state index contributed by atoms with van der Waals surface area (Å²) in [6.07, 6.45) is 2.32. The van der Waals surface area contributed by atoms with E-state index in [0.717, 1.165) is 41.5 Å². The molecule has 1 aromatic carbocycles. The fraction of sp³-hybridized carbons (Fsp3) is 0.600. The van der Waals surface area contributed by atoms with Crippen molar-refractivity contribution < 1.29 is 0 Å². The van der Waals surface area contributed by atoms with Crippen LogP contribution in [0.5, 0.6) is 0 Å². The summed E-state index contributed by atoms with van der Waals surface area (Å²) in [5.74, 6) is 0. The number of rotatable bonds is 3. The third kappa shape index (κ3) is 3.43. The van der Waals surface area contributed by atoms with Crippen molar-refractivity contribution in [2.75, 3.05) is 20.1 Å². The Balaban J connectivity index is 2.09. The van der Waals surface area contributed by atoms with E-state index in [4.69, 9.17) is 23.2 Å². The molecule has 0 amide bonds. The molecular formula is C15H22Cl2N2. The van der Waals surface area contributed by atoms with Crippen LogP contribution in [0.3, 0.4) is 0 Å². The van der Waals surface area contributed by atoms with Crippen molar-refractivity contribution in [3.05, 3.63) is 33.8 Å². The van der Waals surface area contributed by atoms with E-state index in [2.05, 4.69) is 24.1 Å². The lowest BCUT2D eigenvalue weighted by Gasteiger charge is -2.42. The topological polar surface area (TPSA) is 15.3 Å². The van der Waals surface area contributed by atoms with Gasteiger partial charge < -0.3 is 5.32 Å². The predicted molar refractivity (Wildman–Crippen MR) is 83.1 cm³/mol. The first kappa shape index (κ1) is 15.1. The van der Waals surface area contributed by atoms with Gasteiger partial charge in [-0.05, 0) is 57.5 Å². The average Bonchev–Trinajstić information content (AvgIpc) is 2.42. The summed E-state index contributed by atoms with van der Waals surface area (Å²) in [5, 5.41) is 4.98. The minimum atomic E-state index is 0.272. The molecule has 0 aliphatic carbocycles. The smallest absolute Gasteiger partial charge is 0.0454 e. The highest BCUT2D eigenvalue weighted by Crippen LogP contribution is 2.33. The number of hydrogen-bond donors (Lipinski definition) is 1. The Bertz CT molecular complexity index is 440. The molecule has 1 aliphatic heterocycles. The molecule has 4 heteroatoms. The molecule has 1 fully saturated rings. The van der Waals surface area contributed by atoms with Crippen molar-refractivity contribution >= 4 is 23.2 Å². The van der Waals surface area contributed by atoms with Crippen LogP contribution < -0.4 is 5.32 Å². The summed E-state index contributed by atoms with van der Waals surface area (Å²) in [4.78, 5) is 2.48. The van der Waals surface area contributed by atoms with Crippen molar-refractivity contribution in [1.29, 1.82) is 0 Å². The van der Waals surface area contributed by atoms with Gasteiger partial charge in [-0.25, -0.2) is 0 Å². The number of likely N-dealkylation sites (tertiary alicyclic amines) is 1. The maximum atomic E-state index is 6.30. The lowest BCUT2D eigenvalue weighted by Crippen LogP contribution is -2.50. The quantitative estimate of drug-likeness (QED) is 0.903. The normalized spacial score (nSPS) is 21.3. The summed E-state index contributed by atoms with van der Waals surface area (Å²) >= 11 is 12.4. The molecule has 106 valence electrons. The second-order valence-electron chi connectivity index (χ2n) is 5.69. The van der Waals surface area contributed by atoms with E-state index in [0.29, 0.717) is 6.04 Å². The second-order valence-corrected chi connectivity index (χ2v) is 6.53. The van der Waals surface area contributed by atoms with E-state index in [1.807, 2.05) is 25.2 Å². The fourth-order valence-electron chi connectivity index (χ4n) is 2.69. The van der Waals surface area contributed by atoms with Crippen molar-refractivity contribution in [1.82, 2.24) is 10.2 Å². The highest BCUT2D eigenvalue weighted by Gasteiger charge is 2.30. The van der Waals surface area contributed by atoms with E-state index in [-0.39, 0.29) is 5.54 Å². The molecule has 0 bridgehead atoms. The molecule has 19 heavy (non-hydrogen) atoms. The molecule has 2 nitrogen and oxygen atoms in total. The predicted octanol–water partition coefficient (Wildman–Crippen LogP) is 4.13. The molecule has 1 saturated heterocycles. The van der Waals surface area contributed by atoms with E-state index in [9.17, 15) is 0 Å². The van der Waals surface area contributed by atoms with E-state index in [1.54, 1.807) is 0 Å². The van der Waals surface area contributed by atoms with Crippen LogP contribution in [0.1, 0.15) is 38.3 Å². The maximum absolute atomic E-state index is 6.30. The molecule has 1 aliphatic rings. The minimum absolute atomic E-state index is 0.272. The van der Waals surface area contributed by atoms with Gasteiger partial charge in [-0.1, -0.05) is 23.2 Å². The van der Waals surface area contributed by atoms with Crippen molar-refractivity contribution in [2.45, 2.75) is 38.3 Å².